The maximum atomic E-state index is 5.85. The molecular formula is C14H19N3O2S. The minimum atomic E-state index is -0.113. The highest BCUT2D eigenvalue weighted by molar-refractivity contribution is 7.98. The Bertz CT molecular complexity index is 527. The third-order valence-corrected chi connectivity index (χ3v) is 3.72. The van der Waals surface area contributed by atoms with E-state index < -0.39 is 0 Å². The molecule has 20 heavy (non-hydrogen) atoms. The predicted octanol–water partition coefficient (Wildman–Crippen LogP) is 2.19. The van der Waals surface area contributed by atoms with Crippen molar-refractivity contribution >= 4 is 11.8 Å². The first-order valence-corrected chi connectivity index (χ1v) is 7.41. The van der Waals surface area contributed by atoms with Crippen LogP contribution in [0.1, 0.15) is 17.3 Å². The van der Waals surface area contributed by atoms with Crippen molar-refractivity contribution in [3.8, 4) is 0 Å². The Morgan fingerprint density at radius 2 is 2.10 bits per heavy atom. The molecule has 1 aromatic carbocycles. The molecule has 1 heterocycles. The summed E-state index contributed by atoms with van der Waals surface area (Å²) in [6, 6.07) is 8.25. The van der Waals surface area contributed by atoms with Crippen molar-refractivity contribution in [3.63, 3.8) is 0 Å². The lowest BCUT2D eigenvalue weighted by Crippen LogP contribution is -2.28. The minimum Gasteiger partial charge on any atom is -0.383 e. The van der Waals surface area contributed by atoms with Crippen molar-refractivity contribution in [2.75, 3.05) is 13.7 Å². The molecule has 1 aromatic heterocycles. The van der Waals surface area contributed by atoms with Crippen LogP contribution < -0.4 is 5.73 Å². The molecule has 0 spiro atoms. The van der Waals surface area contributed by atoms with Gasteiger partial charge in [0.25, 0.3) is 0 Å². The Kier molecular flexibility index (Phi) is 5.58. The number of thioether (sulfide) groups is 1. The molecule has 0 aliphatic heterocycles. The highest BCUT2D eigenvalue weighted by Gasteiger charge is 2.11. The lowest BCUT2D eigenvalue weighted by molar-refractivity contribution is 0.176. The third-order valence-electron chi connectivity index (χ3n) is 2.72. The molecule has 1 unspecified atom stereocenters. The van der Waals surface area contributed by atoms with Crippen molar-refractivity contribution in [3.05, 3.63) is 41.5 Å². The van der Waals surface area contributed by atoms with E-state index in [1.54, 1.807) is 18.9 Å². The van der Waals surface area contributed by atoms with Crippen molar-refractivity contribution in [1.82, 2.24) is 10.1 Å². The summed E-state index contributed by atoms with van der Waals surface area (Å²) in [4.78, 5) is 5.52. The van der Waals surface area contributed by atoms with E-state index in [0.717, 1.165) is 0 Å². The Balaban J connectivity index is 1.85. The molecule has 0 amide bonds. The van der Waals surface area contributed by atoms with Crippen LogP contribution in [0.5, 0.6) is 0 Å². The van der Waals surface area contributed by atoms with Gasteiger partial charge in [0, 0.05) is 24.5 Å². The van der Waals surface area contributed by atoms with Crippen LogP contribution in [0.3, 0.4) is 0 Å². The normalized spacial score (nSPS) is 12.6. The fraction of sp³-hybridized carbons (Fsp3) is 0.429. The highest BCUT2D eigenvalue weighted by Crippen LogP contribution is 2.21. The van der Waals surface area contributed by atoms with Gasteiger partial charge in [0.2, 0.25) is 5.89 Å². The lowest BCUT2D eigenvalue weighted by atomic mass is 10.2. The molecule has 0 bridgehead atoms. The van der Waals surface area contributed by atoms with Crippen molar-refractivity contribution in [2.24, 2.45) is 5.73 Å². The molecule has 2 rings (SSSR count). The van der Waals surface area contributed by atoms with Crippen LogP contribution in [0.2, 0.25) is 0 Å². The Morgan fingerprint density at radius 1 is 1.35 bits per heavy atom. The largest absolute Gasteiger partial charge is 0.383 e. The van der Waals surface area contributed by atoms with Gasteiger partial charge < -0.3 is 15.0 Å². The number of rotatable bonds is 7. The van der Waals surface area contributed by atoms with Gasteiger partial charge in [-0.25, -0.2) is 0 Å². The van der Waals surface area contributed by atoms with E-state index in [2.05, 4.69) is 41.3 Å². The van der Waals surface area contributed by atoms with E-state index >= 15 is 0 Å². The Labute approximate surface area is 122 Å². The summed E-state index contributed by atoms with van der Waals surface area (Å²) >= 11 is 1.68. The minimum absolute atomic E-state index is 0.113. The predicted molar refractivity (Wildman–Crippen MR) is 78.6 cm³/mol. The van der Waals surface area contributed by atoms with Crippen LogP contribution in [0.15, 0.2) is 33.7 Å². The van der Waals surface area contributed by atoms with Crippen LogP contribution >= 0.6 is 11.8 Å². The molecule has 0 aliphatic carbocycles. The van der Waals surface area contributed by atoms with Crippen molar-refractivity contribution < 1.29 is 9.26 Å². The average Bonchev–Trinajstić information content (AvgIpc) is 2.86. The molecule has 0 aliphatic rings. The fourth-order valence-electron chi connectivity index (χ4n) is 1.71. The van der Waals surface area contributed by atoms with E-state index in [4.69, 9.17) is 15.0 Å². The lowest BCUT2D eigenvalue weighted by Gasteiger charge is -2.05. The molecule has 2 N–H and O–H groups in total. The maximum Gasteiger partial charge on any atom is 0.228 e. The smallest absolute Gasteiger partial charge is 0.228 e. The van der Waals surface area contributed by atoms with E-state index in [9.17, 15) is 0 Å². The number of aromatic nitrogens is 2. The number of hydrogen-bond acceptors (Lipinski definition) is 6. The molecule has 0 saturated carbocycles. The van der Waals surface area contributed by atoms with Crippen LogP contribution in [-0.4, -0.2) is 29.9 Å². The van der Waals surface area contributed by atoms with Gasteiger partial charge in [-0.15, -0.1) is 11.8 Å². The molecule has 0 saturated heterocycles. The first-order chi connectivity index (χ1) is 9.67. The van der Waals surface area contributed by atoms with Crippen LogP contribution in [0.4, 0.5) is 0 Å². The molecule has 5 nitrogen and oxygen atoms in total. The van der Waals surface area contributed by atoms with Crippen molar-refractivity contribution in [2.45, 2.75) is 30.0 Å². The fourth-order valence-corrected chi connectivity index (χ4v) is 2.45. The zero-order chi connectivity index (χ0) is 14.4. The Hall–Kier alpha value is -1.37. The van der Waals surface area contributed by atoms with Crippen molar-refractivity contribution in [1.29, 1.82) is 0 Å². The molecule has 1 atom stereocenters. The molecule has 2 aromatic rings. The molecule has 108 valence electrons. The zero-order valence-electron chi connectivity index (χ0n) is 11.7. The van der Waals surface area contributed by atoms with Gasteiger partial charge in [0.05, 0.1) is 12.4 Å². The van der Waals surface area contributed by atoms with Gasteiger partial charge in [0.1, 0.15) is 0 Å². The monoisotopic (exact) mass is 293 g/mol. The first kappa shape index (κ1) is 15.0. The Morgan fingerprint density at radius 3 is 2.80 bits per heavy atom. The third kappa shape index (κ3) is 4.63. The van der Waals surface area contributed by atoms with E-state index in [0.29, 0.717) is 30.5 Å². The zero-order valence-corrected chi connectivity index (χ0v) is 12.5. The van der Waals surface area contributed by atoms with Gasteiger partial charge >= 0.3 is 0 Å². The molecular weight excluding hydrogens is 274 g/mol. The second-order valence-electron chi connectivity index (χ2n) is 4.63. The molecule has 0 fully saturated rings. The summed E-state index contributed by atoms with van der Waals surface area (Å²) in [5.41, 5.74) is 7.10. The van der Waals surface area contributed by atoms with Crippen LogP contribution in [-0.2, 0) is 16.9 Å². The summed E-state index contributed by atoms with van der Waals surface area (Å²) in [6.45, 7) is 2.55. The van der Waals surface area contributed by atoms with Gasteiger partial charge in [-0.1, -0.05) is 22.9 Å². The summed E-state index contributed by atoms with van der Waals surface area (Å²) in [7, 11) is 1.62. The SMILES string of the molecule is COCC(N)Cc1nc(CSc2ccc(C)cc2)no1. The van der Waals surface area contributed by atoms with E-state index in [-0.39, 0.29) is 6.04 Å². The van der Waals surface area contributed by atoms with E-state index in [1.807, 2.05) is 0 Å². The molecule has 6 heteroatoms. The number of methoxy groups -OCH3 is 1. The number of nitrogens with two attached hydrogens (primary N) is 1. The topological polar surface area (TPSA) is 74.2 Å². The summed E-state index contributed by atoms with van der Waals surface area (Å²) in [6.07, 6.45) is 0.538. The molecule has 0 radical (unpaired) electrons. The summed E-state index contributed by atoms with van der Waals surface area (Å²) in [5.74, 6) is 1.94. The quantitative estimate of drug-likeness (QED) is 0.789. The second-order valence-corrected chi connectivity index (χ2v) is 5.67. The van der Waals surface area contributed by atoms with Gasteiger partial charge in [-0.2, -0.15) is 4.98 Å². The number of benzene rings is 1. The second kappa shape index (κ2) is 7.42. The van der Waals surface area contributed by atoms with Crippen LogP contribution in [0, 0.1) is 6.92 Å². The number of nitrogens with zero attached hydrogens (tertiary/aromatic N) is 2. The number of aryl methyl sites for hydroxylation is 1. The number of ether oxygens (including phenoxy) is 1. The van der Waals surface area contributed by atoms with Crippen LogP contribution in [0.25, 0.3) is 0 Å². The average molecular weight is 293 g/mol. The summed E-state index contributed by atoms with van der Waals surface area (Å²) in [5, 5.41) is 3.96. The maximum absolute atomic E-state index is 5.85. The summed E-state index contributed by atoms with van der Waals surface area (Å²) < 4.78 is 10.2. The first-order valence-electron chi connectivity index (χ1n) is 6.43. The van der Waals surface area contributed by atoms with Gasteiger partial charge in [-0.05, 0) is 19.1 Å². The van der Waals surface area contributed by atoms with Gasteiger partial charge in [0.15, 0.2) is 5.82 Å². The van der Waals surface area contributed by atoms with E-state index in [1.165, 1.54) is 10.5 Å². The van der Waals surface area contributed by atoms with Gasteiger partial charge in [-0.3, -0.25) is 0 Å². The highest BCUT2D eigenvalue weighted by atomic mass is 32.2. The standard InChI is InChI=1S/C14H19N3O2S/c1-10-3-5-12(6-4-10)20-9-13-16-14(19-17-13)7-11(15)8-18-2/h3-6,11H,7-9,15H2,1-2H3. The number of hydrogen-bond donors (Lipinski definition) is 1.